The predicted octanol–water partition coefficient (Wildman–Crippen LogP) is 4.21. The maximum atomic E-state index is 10.8. The Morgan fingerprint density at radius 3 is 2.57 bits per heavy atom. The standard InChI is InChI=1S/C16H13ClN4O2/c17-11-7-5-10(6-8-11)9-21-13-4-2-1-3-12(13)14(15(21)22)19-20-16(18)23/h1-8,22H,9H2,(H2,18,23). The molecule has 3 rings (SSSR count). The van der Waals surface area contributed by atoms with Gasteiger partial charge in [0.1, 0.15) is 0 Å². The molecule has 7 heteroatoms. The average molecular weight is 329 g/mol. The second-order valence-corrected chi connectivity index (χ2v) is 5.38. The Hall–Kier alpha value is -2.86. The lowest BCUT2D eigenvalue weighted by atomic mass is 10.2. The number of aromatic nitrogens is 1. The summed E-state index contributed by atoms with van der Waals surface area (Å²) in [5, 5.41) is 18.9. The SMILES string of the molecule is NC(=O)N=Nc1c(O)n(Cc2ccc(Cl)cc2)c2ccccc12. The normalized spacial score (nSPS) is 11.3. The first kappa shape index (κ1) is 15.1. The molecule has 0 aliphatic rings. The van der Waals surface area contributed by atoms with Gasteiger partial charge in [-0.05, 0) is 23.8 Å². The van der Waals surface area contributed by atoms with E-state index in [1.54, 1.807) is 22.8 Å². The Kier molecular flexibility index (Phi) is 3.99. The Balaban J connectivity index is 2.11. The number of hydrogen-bond donors (Lipinski definition) is 2. The molecule has 116 valence electrons. The van der Waals surface area contributed by atoms with E-state index in [0.717, 1.165) is 11.1 Å². The molecule has 1 heterocycles. The molecule has 0 radical (unpaired) electrons. The van der Waals surface area contributed by atoms with Crippen LogP contribution in [-0.2, 0) is 6.54 Å². The van der Waals surface area contributed by atoms with Crippen LogP contribution in [0.3, 0.4) is 0 Å². The number of halogens is 1. The van der Waals surface area contributed by atoms with E-state index in [1.807, 2.05) is 30.3 Å². The monoisotopic (exact) mass is 328 g/mol. The lowest BCUT2D eigenvalue weighted by molar-refractivity contribution is 0.255. The maximum Gasteiger partial charge on any atom is 0.356 e. The molecular weight excluding hydrogens is 316 g/mol. The number of rotatable bonds is 3. The fourth-order valence-corrected chi connectivity index (χ4v) is 2.53. The molecule has 0 saturated heterocycles. The Morgan fingerprint density at radius 2 is 1.87 bits per heavy atom. The van der Waals surface area contributed by atoms with Crippen LogP contribution in [0.4, 0.5) is 10.5 Å². The van der Waals surface area contributed by atoms with E-state index in [4.69, 9.17) is 17.3 Å². The van der Waals surface area contributed by atoms with Crippen LogP contribution in [0, 0.1) is 0 Å². The highest BCUT2D eigenvalue weighted by Crippen LogP contribution is 2.39. The van der Waals surface area contributed by atoms with Gasteiger partial charge >= 0.3 is 6.03 Å². The third kappa shape index (κ3) is 3.02. The van der Waals surface area contributed by atoms with Crippen LogP contribution < -0.4 is 5.73 Å². The van der Waals surface area contributed by atoms with Gasteiger partial charge < -0.3 is 15.4 Å². The van der Waals surface area contributed by atoms with Crippen molar-refractivity contribution in [1.82, 2.24) is 4.57 Å². The zero-order valence-corrected chi connectivity index (χ0v) is 12.7. The van der Waals surface area contributed by atoms with Crippen molar-refractivity contribution in [3.05, 3.63) is 59.1 Å². The number of nitrogens with zero attached hydrogens (tertiary/aromatic N) is 3. The second-order valence-electron chi connectivity index (χ2n) is 4.94. The van der Waals surface area contributed by atoms with Gasteiger partial charge in [-0.2, -0.15) is 0 Å². The van der Waals surface area contributed by atoms with Crippen LogP contribution in [0.15, 0.2) is 58.8 Å². The predicted molar refractivity (Wildman–Crippen MR) is 88.3 cm³/mol. The number of primary amides is 1. The van der Waals surface area contributed by atoms with Crippen molar-refractivity contribution in [2.75, 3.05) is 0 Å². The Morgan fingerprint density at radius 1 is 1.17 bits per heavy atom. The molecule has 0 aliphatic heterocycles. The number of amides is 2. The summed E-state index contributed by atoms with van der Waals surface area (Å²) in [6.45, 7) is 0.426. The van der Waals surface area contributed by atoms with Gasteiger partial charge in [0.25, 0.3) is 0 Å². The summed E-state index contributed by atoms with van der Waals surface area (Å²) in [4.78, 5) is 10.8. The third-order valence-electron chi connectivity index (χ3n) is 3.42. The number of benzene rings is 2. The first-order valence-electron chi connectivity index (χ1n) is 6.82. The van der Waals surface area contributed by atoms with Crippen molar-refractivity contribution < 1.29 is 9.90 Å². The summed E-state index contributed by atoms with van der Waals surface area (Å²) >= 11 is 5.89. The van der Waals surface area contributed by atoms with E-state index >= 15 is 0 Å². The lowest BCUT2D eigenvalue weighted by Gasteiger charge is -2.07. The summed E-state index contributed by atoms with van der Waals surface area (Å²) in [5.41, 5.74) is 6.93. The fraction of sp³-hybridized carbons (Fsp3) is 0.0625. The van der Waals surface area contributed by atoms with Gasteiger partial charge in [0.05, 0.1) is 12.1 Å². The van der Waals surface area contributed by atoms with Gasteiger partial charge in [0, 0.05) is 10.4 Å². The van der Waals surface area contributed by atoms with E-state index in [2.05, 4.69) is 10.2 Å². The molecule has 0 atom stereocenters. The highest BCUT2D eigenvalue weighted by Gasteiger charge is 2.16. The largest absolute Gasteiger partial charge is 0.493 e. The molecule has 0 fully saturated rings. The quantitative estimate of drug-likeness (QED) is 0.705. The van der Waals surface area contributed by atoms with Crippen molar-refractivity contribution in [3.8, 4) is 5.88 Å². The minimum atomic E-state index is -0.918. The molecule has 0 unspecified atom stereocenters. The average Bonchev–Trinajstić information content (AvgIpc) is 2.80. The van der Waals surface area contributed by atoms with Crippen molar-refractivity contribution in [2.24, 2.45) is 16.0 Å². The molecule has 2 amide bonds. The van der Waals surface area contributed by atoms with E-state index in [0.29, 0.717) is 17.0 Å². The maximum absolute atomic E-state index is 10.8. The van der Waals surface area contributed by atoms with Crippen molar-refractivity contribution >= 4 is 34.2 Å². The zero-order chi connectivity index (χ0) is 16.4. The smallest absolute Gasteiger partial charge is 0.356 e. The van der Waals surface area contributed by atoms with Crippen LogP contribution in [0.5, 0.6) is 5.88 Å². The highest BCUT2D eigenvalue weighted by molar-refractivity contribution is 6.30. The van der Waals surface area contributed by atoms with Gasteiger partial charge in [-0.25, -0.2) is 4.79 Å². The first-order valence-corrected chi connectivity index (χ1v) is 7.20. The Bertz CT molecular complexity index is 900. The van der Waals surface area contributed by atoms with Gasteiger partial charge in [0.15, 0.2) is 5.69 Å². The molecule has 0 spiro atoms. The number of aromatic hydroxyl groups is 1. The highest BCUT2D eigenvalue weighted by atomic mass is 35.5. The van der Waals surface area contributed by atoms with E-state index in [9.17, 15) is 9.90 Å². The lowest BCUT2D eigenvalue weighted by Crippen LogP contribution is -2.01. The summed E-state index contributed by atoms with van der Waals surface area (Å²) in [6, 6.07) is 13.7. The number of urea groups is 1. The Labute approximate surface area is 136 Å². The van der Waals surface area contributed by atoms with E-state index in [-0.39, 0.29) is 11.6 Å². The minimum Gasteiger partial charge on any atom is -0.493 e. The fourth-order valence-electron chi connectivity index (χ4n) is 2.40. The van der Waals surface area contributed by atoms with Crippen LogP contribution in [0.25, 0.3) is 10.9 Å². The van der Waals surface area contributed by atoms with Crippen molar-refractivity contribution in [2.45, 2.75) is 6.54 Å². The van der Waals surface area contributed by atoms with Gasteiger partial charge in [-0.1, -0.05) is 47.0 Å². The first-order chi connectivity index (χ1) is 11.1. The number of azo groups is 1. The van der Waals surface area contributed by atoms with Crippen molar-refractivity contribution in [3.63, 3.8) is 0 Å². The summed E-state index contributed by atoms with van der Waals surface area (Å²) in [6.07, 6.45) is 0. The van der Waals surface area contributed by atoms with Crippen LogP contribution >= 0.6 is 11.6 Å². The molecule has 6 nitrogen and oxygen atoms in total. The van der Waals surface area contributed by atoms with E-state index in [1.165, 1.54) is 0 Å². The molecule has 0 saturated carbocycles. The number of nitrogens with two attached hydrogens (primary N) is 1. The van der Waals surface area contributed by atoms with Gasteiger partial charge in [-0.3, -0.25) is 0 Å². The molecule has 2 aromatic carbocycles. The summed E-state index contributed by atoms with van der Waals surface area (Å²) < 4.78 is 1.69. The zero-order valence-electron chi connectivity index (χ0n) is 12.0. The molecule has 3 N–H and O–H groups in total. The molecule has 0 bridgehead atoms. The number of carbonyl (C=O) groups is 1. The third-order valence-corrected chi connectivity index (χ3v) is 3.67. The van der Waals surface area contributed by atoms with Gasteiger partial charge in [0.2, 0.25) is 5.88 Å². The summed E-state index contributed by atoms with van der Waals surface area (Å²) in [7, 11) is 0. The van der Waals surface area contributed by atoms with Crippen LogP contribution in [-0.4, -0.2) is 15.7 Å². The number of hydrogen-bond acceptors (Lipinski definition) is 3. The van der Waals surface area contributed by atoms with Crippen LogP contribution in [0.1, 0.15) is 5.56 Å². The topological polar surface area (TPSA) is 93.0 Å². The van der Waals surface area contributed by atoms with Crippen molar-refractivity contribution in [1.29, 1.82) is 0 Å². The summed E-state index contributed by atoms with van der Waals surface area (Å²) in [5.74, 6) is -0.0776. The number of carbonyl (C=O) groups excluding carboxylic acids is 1. The number of para-hydroxylation sites is 1. The molecular formula is C16H13ClN4O2. The van der Waals surface area contributed by atoms with Gasteiger partial charge in [-0.15, -0.1) is 5.11 Å². The molecule has 23 heavy (non-hydrogen) atoms. The number of fused-ring (bicyclic) bond motifs is 1. The molecule has 1 aromatic heterocycles. The second kappa shape index (κ2) is 6.10. The van der Waals surface area contributed by atoms with E-state index < -0.39 is 6.03 Å². The molecule has 3 aromatic rings. The van der Waals surface area contributed by atoms with Crippen LogP contribution in [0.2, 0.25) is 5.02 Å². The minimum absolute atomic E-state index is 0.0776. The molecule has 0 aliphatic carbocycles.